The molecule has 2 amide bonds. The van der Waals surface area contributed by atoms with E-state index in [0.29, 0.717) is 27.1 Å². The van der Waals surface area contributed by atoms with Crippen LogP contribution in [0.4, 0.5) is 21.5 Å². The zero-order valence-electron chi connectivity index (χ0n) is 16.2. The molecule has 2 aromatic carbocycles. The minimum atomic E-state index is -1.17. The summed E-state index contributed by atoms with van der Waals surface area (Å²) in [5.41, 5.74) is 6.23. The monoisotopic (exact) mass is 438 g/mol. The van der Waals surface area contributed by atoms with E-state index in [9.17, 15) is 14.0 Å². The van der Waals surface area contributed by atoms with Crippen LogP contribution in [0.2, 0.25) is 10.0 Å². The second kappa shape index (κ2) is 7.82. The van der Waals surface area contributed by atoms with Crippen molar-refractivity contribution in [2.24, 2.45) is 5.73 Å². The third-order valence-corrected chi connectivity index (χ3v) is 5.07. The second-order valence-corrected chi connectivity index (χ2v) is 8.39. The van der Waals surface area contributed by atoms with Gasteiger partial charge >= 0.3 is 0 Å². The minimum absolute atomic E-state index is 0.0836. The van der Waals surface area contributed by atoms with Gasteiger partial charge in [-0.2, -0.15) is 0 Å². The Hall–Kier alpha value is -2.35. The van der Waals surface area contributed by atoms with E-state index in [0.717, 1.165) is 0 Å². The molecule has 3 rings (SSSR count). The largest absolute Gasteiger partial charge is 0.341 e. The molecule has 29 heavy (non-hydrogen) atoms. The van der Waals surface area contributed by atoms with E-state index in [2.05, 4.69) is 5.32 Å². The Labute approximate surface area is 178 Å². The number of carbonyl (C=O) groups is 2. The summed E-state index contributed by atoms with van der Waals surface area (Å²) in [7, 11) is 1.53. The van der Waals surface area contributed by atoms with Crippen LogP contribution < -0.4 is 20.9 Å². The Bertz CT molecular complexity index is 957. The van der Waals surface area contributed by atoms with Gasteiger partial charge in [-0.25, -0.2) is 4.39 Å². The van der Waals surface area contributed by atoms with E-state index in [1.807, 2.05) is 0 Å². The molecule has 0 saturated heterocycles. The van der Waals surface area contributed by atoms with Crippen molar-refractivity contribution < 1.29 is 14.0 Å². The molecule has 0 fully saturated rings. The molecule has 6 nitrogen and oxygen atoms in total. The third-order valence-electron chi connectivity index (χ3n) is 4.63. The van der Waals surface area contributed by atoms with Gasteiger partial charge in [-0.05, 0) is 50.2 Å². The highest BCUT2D eigenvalue weighted by atomic mass is 35.5. The van der Waals surface area contributed by atoms with E-state index in [1.54, 1.807) is 43.0 Å². The zero-order chi connectivity index (χ0) is 21.5. The number of hydrogen-bond donors (Lipinski definition) is 2. The van der Waals surface area contributed by atoms with Gasteiger partial charge in [0.2, 0.25) is 5.91 Å². The number of nitrogens with two attached hydrogens (primary N) is 1. The lowest BCUT2D eigenvalue weighted by Gasteiger charge is -2.28. The number of nitrogens with one attached hydrogen (secondary N) is 1. The average molecular weight is 439 g/mol. The third kappa shape index (κ3) is 4.47. The van der Waals surface area contributed by atoms with Gasteiger partial charge in [-0.3, -0.25) is 9.59 Å². The van der Waals surface area contributed by atoms with Crippen LogP contribution in [0.3, 0.4) is 0 Å². The van der Waals surface area contributed by atoms with Crippen molar-refractivity contribution in [3.05, 3.63) is 52.3 Å². The van der Waals surface area contributed by atoms with Gasteiger partial charge in [-0.1, -0.05) is 23.2 Å². The van der Waals surface area contributed by atoms with Crippen LogP contribution in [0.5, 0.6) is 0 Å². The fourth-order valence-electron chi connectivity index (χ4n) is 3.10. The number of fused-ring (bicyclic) bond motifs is 1. The van der Waals surface area contributed by atoms with Crippen LogP contribution in [-0.2, 0) is 9.59 Å². The molecule has 1 atom stereocenters. The normalized spacial score (nSPS) is 17.1. The number of hydrogen-bond acceptors (Lipinski definition) is 4. The highest BCUT2D eigenvalue weighted by Gasteiger charge is 2.36. The summed E-state index contributed by atoms with van der Waals surface area (Å²) in [6.07, 6.45) is 0. The van der Waals surface area contributed by atoms with Crippen molar-refractivity contribution in [1.82, 2.24) is 5.32 Å². The molecule has 0 aromatic heterocycles. The van der Waals surface area contributed by atoms with Gasteiger partial charge in [-0.15, -0.1) is 0 Å². The van der Waals surface area contributed by atoms with Crippen LogP contribution in [0.1, 0.15) is 13.8 Å². The van der Waals surface area contributed by atoms with Gasteiger partial charge < -0.3 is 20.9 Å². The Morgan fingerprint density at radius 1 is 1.17 bits per heavy atom. The number of nitrogens with zero attached hydrogens (tertiary/aromatic N) is 2. The van der Waals surface area contributed by atoms with Gasteiger partial charge in [0, 0.05) is 22.8 Å². The summed E-state index contributed by atoms with van der Waals surface area (Å²) >= 11 is 12.3. The number of rotatable bonds is 3. The van der Waals surface area contributed by atoms with Crippen molar-refractivity contribution in [1.29, 1.82) is 0 Å². The molecule has 0 spiro atoms. The van der Waals surface area contributed by atoms with Crippen molar-refractivity contribution in [3.63, 3.8) is 0 Å². The van der Waals surface area contributed by atoms with Crippen molar-refractivity contribution in [3.8, 4) is 0 Å². The lowest BCUT2D eigenvalue weighted by molar-refractivity contribution is -0.129. The Kier molecular flexibility index (Phi) is 5.76. The Balaban J connectivity index is 2.12. The predicted molar refractivity (Wildman–Crippen MR) is 113 cm³/mol. The molecule has 154 valence electrons. The minimum Gasteiger partial charge on any atom is -0.341 e. The molecule has 0 radical (unpaired) electrons. The summed E-state index contributed by atoms with van der Waals surface area (Å²) in [5.74, 6) is -1.37. The Morgan fingerprint density at radius 2 is 1.79 bits per heavy atom. The lowest BCUT2D eigenvalue weighted by atomic mass is 10.1. The summed E-state index contributed by atoms with van der Waals surface area (Å²) in [4.78, 5) is 28.6. The molecule has 2 aromatic rings. The van der Waals surface area contributed by atoms with Crippen molar-refractivity contribution >= 4 is 52.1 Å². The highest BCUT2D eigenvalue weighted by molar-refractivity contribution is 6.35. The maximum Gasteiger partial charge on any atom is 0.251 e. The summed E-state index contributed by atoms with van der Waals surface area (Å²) in [5, 5.41) is 3.51. The second-order valence-electron chi connectivity index (χ2n) is 7.52. The van der Waals surface area contributed by atoms with Gasteiger partial charge in [0.05, 0.1) is 23.5 Å². The number of carbonyl (C=O) groups excluding carboxylic acids is 2. The first-order chi connectivity index (χ1) is 13.5. The lowest BCUT2D eigenvalue weighted by Crippen LogP contribution is -2.58. The number of halogens is 3. The fraction of sp³-hybridized carbons (Fsp3) is 0.300. The van der Waals surface area contributed by atoms with E-state index in [1.165, 1.54) is 24.1 Å². The van der Waals surface area contributed by atoms with Crippen molar-refractivity contribution in [2.45, 2.75) is 25.4 Å². The zero-order valence-corrected chi connectivity index (χ0v) is 17.7. The maximum atomic E-state index is 14.0. The number of likely N-dealkylation sites (N-methyl/N-ethyl adjacent to an activating group) is 1. The van der Waals surface area contributed by atoms with Gasteiger partial charge in [0.1, 0.15) is 11.9 Å². The number of amides is 2. The summed E-state index contributed by atoms with van der Waals surface area (Å²) in [6.45, 7) is 3.18. The highest BCUT2D eigenvalue weighted by Crippen LogP contribution is 2.39. The SMILES string of the molecule is CN1C(=O)[C@H](NC(=O)C(C)(C)N)CN(c2cc(Cl)cc(Cl)c2)c2ccc(F)cc21. The van der Waals surface area contributed by atoms with Crippen LogP contribution in [-0.4, -0.2) is 37.0 Å². The van der Waals surface area contributed by atoms with E-state index >= 15 is 0 Å². The predicted octanol–water partition coefficient (Wildman–Crippen LogP) is 3.47. The first-order valence-corrected chi connectivity index (χ1v) is 9.63. The molecule has 9 heteroatoms. The molecule has 1 aliphatic heterocycles. The maximum absolute atomic E-state index is 14.0. The molecule has 0 unspecified atom stereocenters. The summed E-state index contributed by atoms with van der Waals surface area (Å²) < 4.78 is 14.0. The standard InChI is InChI=1S/C20H21Cl2FN4O2/c1-20(2,24)19(29)25-15-10-27(14-7-11(21)6-12(22)8-14)16-5-4-13(23)9-17(16)26(3)18(15)28/h4-9,15H,10,24H2,1-3H3,(H,25,29)/t15-/m1/s1. The topological polar surface area (TPSA) is 78.7 Å². The quantitative estimate of drug-likeness (QED) is 0.768. The Morgan fingerprint density at radius 3 is 2.38 bits per heavy atom. The fourth-order valence-corrected chi connectivity index (χ4v) is 3.61. The number of benzene rings is 2. The molecule has 3 N–H and O–H groups in total. The molecular weight excluding hydrogens is 418 g/mol. The van der Waals surface area contributed by atoms with E-state index < -0.39 is 29.2 Å². The molecule has 1 heterocycles. The van der Waals surface area contributed by atoms with Gasteiger partial charge in [0.25, 0.3) is 5.91 Å². The van der Waals surface area contributed by atoms with Crippen LogP contribution >= 0.6 is 23.2 Å². The smallest absolute Gasteiger partial charge is 0.251 e. The van der Waals surface area contributed by atoms with Crippen LogP contribution in [0.25, 0.3) is 0 Å². The summed E-state index contributed by atoms with van der Waals surface area (Å²) in [6, 6.07) is 8.17. The molecule has 1 aliphatic rings. The van der Waals surface area contributed by atoms with Crippen LogP contribution in [0.15, 0.2) is 36.4 Å². The van der Waals surface area contributed by atoms with E-state index in [4.69, 9.17) is 28.9 Å². The average Bonchev–Trinajstić information content (AvgIpc) is 2.71. The van der Waals surface area contributed by atoms with Crippen molar-refractivity contribution in [2.75, 3.05) is 23.4 Å². The first kappa shape index (κ1) is 21.4. The first-order valence-electron chi connectivity index (χ1n) is 8.88. The van der Waals surface area contributed by atoms with Gasteiger partial charge in [0.15, 0.2) is 0 Å². The molecule has 0 bridgehead atoms. The molecular formula is C20H21Cl2FN4O2. The number of anilines is 3. The molecule has 0 saturated carbocycles. The van der Waals surface area contributed by atoms with Crippen LogP contribution in [0, 0.1) is 5.82 Å². The molecule has 0 aliphatic carbocycles. The van der Waals surface area contributed by atoms with E-state index in [-0.39, 0.29) is 6.54 Å².